The minimum absolute atomic E-state index is 0.0340. The van der Waals surface area contributed by atoms with Crippen LogP contribution in [0, 0.1) is 0 Å². The van der Waals surface area contributed by atoms with E-state index in [1.807, 2.05) is 0 Å². The summed E-state index contributed by atoms with van der Waals surface area (Å²) in [5, 5.41) is 2.60. The maximum atomic E-state index is 12.1. The van der Waals surface area contributed by atoms with E-state index in [1.54, 1.807) is 7.05 Å². The van der Waals surface area contributed by atoms with Gasteiger partial charge in [-0.2, -0.15) is 0 Å². The van der Waals surface area contributed by atoms with Gasteiger partial charge in [-0.15, -0.1) is 0 Å². The van der Waals surface area contributed by atoms with E-state index in [2.05, 4.69) is 5.32 Å². The van der Waals surface area contributed by atoms with Crippen molar-refractivity contribution in [2.45, 2.75) is 37.0 Å². The van der Waals surface area contributed by atoms with Crippen molar-refractivity contribution in [1.82, 2.24) is 5.32 Å². The fourth-order valence-corrected chi connectivity index (χ4v) is 6.02. The summed E-state index contributed by atoms with van der Waals surface area (Å²) in [7, 11) is -4.78. The molecule has 102 valence electrons. The van der Waals surface area contributed by atoms with Crippen molar-refractivity contribution in [2.24, 2.45) is 0 Å². The molecule has 1 aliphatic rings. The van der Waals surface area contributed by atoms with Crippen LogP contribution in [0.2, 0.25) is 0 Å². The van der Waals surface area contributed by atoms with E-state index in [9.17, 15) is 16.8 Å². The average molecular weight is 283 g/mol. The van der Waals surface area contributed by atoms with Crippen molar-refractivity contribution < 1.29 is 16.8 Å². The van der Waals surface area contributed by atoms with Crippen LogP contribution in [0.1, 0.15) is 25.7 Å². The van der Waals surface area contributed by atoms with Gasteiger partial charge in [0.05, 0.1) is 16.8 Å². The second-order valence-electron chi connectivity index (χ2n) is 4.71. The maximum Gasteiger partial charge on any atom is 0.155 e. The van der Waals surface area contributed by atoms with Crippen molar-refractivity contribution in [3.63, 3.8) is 0 Å². The van der Waals surface area contributed by atoms with Crippen LogP contribution >= 0.6 is 0 Å². The summed E-state index contributed by atoms with van der Waals surface area (Å²) in [4.78, 5) is 0. The number of sulfone groups is 2. The zero-order valence-corrected chi connectivity index (χ0v) is 12.0. The molecule has 1 fully saturated rings. The molecule has 0 heterocycles. The third-order valence-electron chi connectivity index (χ3n) is 3.27. The van der Waals surface area contributed by atoms with Crippen LogP contribution in [0.4, 0.5) is 0 Å². The predicted octanol–water partition coefficient (Wildman–Crippen LogP) is -0.0236. The van der Waals surface area contributed by atoms with E-state index in [4.69, 9.17) is 0 Å². The minimum Gasteiger partial charge on any atom is -0.316 e. The second-order valence-corrected chi connectivity index (χ2v) is 9.31. The van der Waals surface area contributed by atoms with Crippen molar-refractivity contribution >= 4 is 19.7 Å². The topological polar surface area (TPSA) is 80.3 Å². The molecule has 0 amide bonds. The Labute approximate surface area is 104 Å². The van der Waals surface area contributed by atoms with Crippen molar-refractivity contribution in [2.75, 3.05) is 24.8 Å². The fourth-order valence-electron chi connectivity index (χ4n) is 2.28. The highest BCUT2D eigenvalue weighted by molar-refractivity contribution is 7.95. The fraction of sp³-hybridized carbons (Fsp3) is 1.00. The molecule has 17 heavy (non-hydrogen) atoms. The van der Waals surface area contributed by atoms with E-state index in [-0.39, 0.29) is 17.5 Å². The van der Waals surface area contributed by atoms with Crippen LogP contribution in [-0.4, -0.2) is 52.9 Å². The summed E-state index contributed by atoms with van der Waals surface area (Å²) in [5.74, 6) is -0.531. The normalized spacial score (nSPS) is 26.9. The van der Waals surface area contributed by atoms with Gasteiger partial charge in [0.1, 0.15) is 9.84 Å². The smallest absolute Gasteiger partial charge is 0.155 e. The van der Waals surface area contributed by atoms with Crippen LogP contribution in [-0.2, 0) is 19.7 Å². The summed E-state index contributed by atoms with van der Waals surface area (Å²) in [5.41, 5.74) is 0. The molecule has 5 nitrogen and oxygen atoms in total. The van der Waals surface area contributed by atoms with E-state index >= 15 is 0 Å². The number of rotatable bonds is 5. The van der Waals surface area contributed by atoms with Crippen LogP contribution in [0.15, 0.2) is 0 Å². The van der Waals surface area contributed by atoms with Gasteiger partial charge in [-0.25, -0.2) is 16.8 Å². The number of hydrogen-bond acceptors (Lipinski definition) is 5. The van der Waals surface area contributed by atoms with Gasteiger partial charge in [-0.05, 0) is 19.9 Å². The first-order valence-corrected chi connectivity index (χ1v) is 9.60. The zero-order chi connectivity index (χ0) is 13.1. The van der Waals surface area contributed by atoms with E-state index < -0.39 is 24.9 Å². The Morgan fingerprint density at radius 1 is 1.06 bits per heavy atom. The van der Waals surface area contributed by atoms with Crippen molar-refractivity contribution in [1.29, 1.82) is 0 Å². The van der Waals surface area contributed by atoms with E-state index in [0.29, 0.717) is 6.42 Å². The molecule has 0 bridgehead atoms. The lowest BCUT2D eigenvalue weighted by Gasteiger charge is -2.30. The maximum absolute atomic E-state index is 12.1. The molecular weight excluding hydrogens is 262 g/mol. The van der Waals surface area contributed by atoms with Gasteiger partial charge >= 0.3 is 0 Å². The summed E-state index contributed by atoms with van der Waals surface area (Å²) in [6.07, 6.45) is 4.49. The molecule has 2 atom stereocenters. The molecule has 7 heteroatoms. The average Bonchev–Trinajstić information content (AvgIpc) is 2.26. The molecule has 0 saturated heterocycles. The lowest BCUT2D eigenvalue weighted by molar-refractivity contribution is 0.390. The Hall–Kier alpha value is -0.140. The first kappa shape index (κ1) is 14.9. The van der Waals surface area contributed by atoms with Crippen LogP contribution in [0.5, 0.6) is 0 Å². The predicted molar refractivity (Wildman–Crippen MR) is 68.6 cm³/mol. The first-order chi connectivity index (χ1) is 7.76. The standard InChI is InChI=1S/C10H21NO4S2/c1-11-9-5-3-4-6-10(9)17(14,15)8-7-16(2,12)13/h9-11H,3-8H2,1-2H3. The Balaban J connectivity index is 2.74. The molecule has 1 N–H and O–H groups in total. The number of nitrogens with one attached hydrogen (secondary N) is 1. The summed E-state index contributed by atoms with van der Waals surface area (Å²) >= 11 is 0. The zero-order valence-electron chi connectivity index (χ0n) is 10.3. The third-order valence-corrected chi connectivity index (χ3v) is 6.74. The minimum atomic E-state index is -3.32. The SMILES string of the molecule is CNC1CCCCC1S(=O)(=O)CCS(C)(=O)=O. The Bertz CT molecular complexity index is 441. The van der Waals surface area contributed by atoms with Gasteiger partial charge in [0.2, 0.25) is 0 Å². The second kappa shape index (κ2) is 5.67. The van der Waals surface area contributed by atoms with Crippen molar-refractivity contribution in [3.05, 3.63) is 0 Å². The Morgan fingerprint density at radius 2 is 1.65 bits per heavy atom. The highest BCUT2D eigenvalue weighted by Crippen LogP contribution is 2.24. The van der Waals surface area contributed by atoms with Gasteiger partial charge in [0.15, 0.2) is 9.84 Å². The van der Waals surface area contributed by atoms with E-state index in [1.165, 1.54) is 0 Å². The molecule has 0 radical (unpaired) electrons. The van der Waals surface area contributed by atoms with Gasteiger partial charge in [-0.1, -0.05) is 12.8 Å². The molecule has 2 unspecified atom stereocenters. The van der Waals surface area contributed by atoms with Crippen LogP contribution in [0.3, 0.4) is 0 Å². The molecule has 0 aromatic rings. The largest absolute Gasteiger partial charge is 0.316 e. The summed E-state index contributed by atoms with van der Waals surface area (Å²) in [6, 6.07) is -0.0340. The highest BCUT2D eigenvalue weighted by atomic mass is 32.2. The molecule has 0 aromatic carbocycles. The molecule has 1 aliphatic carbocycles. The van der Waals surface area contributed by atoms with Gasteiger partial charge in [0.25, 0.3) is 0 Å². The molecule has 0 aromatic heterocycles. The Kier molecular flexibility index (Phi) is 4.97. The van der Waals surface area contributed by atoms with Crippen molar-refractivity contribution in [3.8, 4) is 0 Å². The van der Waals surface area contributed by atoms with Gasteiger partial charge < -0.3 is 5.32 Å². The third kappa shape index (κ3) is 4.56. The first-order valence-electron chi connectivity index (χ1n) is 5.83. The van der Waals surface area contributed by atoms with Crippen LogP contribution in [0.25, 0.3) is 0 Å². The lowest BCUT2D eigenvalue weighted by Crippen LogP contribution is -2.46. The van der Waals surface area contributed by atoms with E-state index in [0.717, 1.165) is 25.5 Å². The molecule has 1 rings (SSSR count). The Morgan fingerprint density at radius 3 is 2.18 bits per heavy atom. The lowest BCUT2D eigenvalue weighted by atomic mass is 9.95. The quantitative estimate of drug-likeness (QED) is 0.767. The molecule has 0 aliphatic heterocycles. The molecule has 0 spiro atoms. The number of hydrogen-bond donors (Lipinski definition) is 1. The monoisotopic (exact) mass is 283 g/mol. The molecule has 1 saturated carbocycles. The highest BCUT2D eigenvalue weighted by Gasteiger charge is 2.34. The molecular formula is C10H21NO4S2. The van der Waals surface area contributed by atoms with Gasteiger partial charge in [0, 0.05) is 12.3 Å². The summed E-state index contributed by atoms with van der Waals surface area (Å²) in [6.45, 7) is 0. The van der Waals surface area contributed by atoms with Gasteiger partial charge in [-0.3, -0.25) is 0 Å². The summed E-state index contributed by atoms with van der Waals surface area (Å²) < 4.78 is 46.3. The van der Waals surface area contributed by atoms with Crippen LogP contribution < -0.4 is 5.32 Å².